The zero-order valence-corrected chi connectivity index (χ0v) is 17.0. The highest BCUT2D eigenvalue weighted by Crippen LogP contribution is 2.40. The molecule has 0 bridgehead atoms. The summed E-state index contributed by atoms with van der Waals surface area (Å²) in [7, 11) is -2.24. The van der Waals surface area contributed by atoms with Gasteiger partial charge in [-0.3, -0.25) is 9.69 Å². The van der Waals surface area contributed by atoms with Crippen molar-refractivity contribution in [3.63, 3.8) is 0 Å². The van der Waals surface area contributed by atoms with Gasteiger partial charge in [0.1, 0.15) is 5.75 Å². The Labute approximate surface area is 168 Å². The van der Waals surface area contributed by atoms with Gasteiger partial charge >= 0.3 is 0 Å². The number of aryl methyl sites for hydroxylation is 1. The van der Waals surface area contributed by atoms with Crippen molar-refractivity contribution in [1.29, 1.82) is 0 Å². The molecule has 1 aromatic carbocycles. The number of hydrogen-bond donors (Lipinski definition) is 1. The lowest BCUT2D eigenvalue weighted by molar-refractivity contribution is -0.121. The van der Waals surface area contributed by atoms with Crippen molar-refractivity contribution in [2.45, 2.75) is 37.1 Å². The van der Waals surface area contributed by atoms with E-state index in [2.05, 4.69) is 14.9 Å². The van der Waals surface area contributed by atoms with Gasteiger partial charge in [0.15, 0.2) is 12.4 Å². The van der Waals surface area contributed by atoms with E-state index in [0.717, 1.165) is 12.8 Å². The molecule has 4 rings (SSSR count). The summed E-state index contributed by atoms with van der Waals surface area (Å²) in [5.41, 5.74) is 0.969. The predicted molar refractivity (Wildman–Crippen MR) is 101 cm³/mol. The van der Waals surface area contributed by atoms with E-state index in [1.807, 2.05) is 0 Å². The second kappa shape index (κ2) is 7.73. The number of benzene rings is 1. The Bertz CT molecular complexity index is 1030. The molecular weight excluding hydrogens is 400 g/mol. The van der Waals surface area contributed by atoms with Crippen molar-refractivity contribution in [3.8, 4) is 5.75 Å². The van der Waals surface area contributed by atoms with Crippen molar-refractivity contribution in [2.75, 3.05) is 31.8 Å². The first-order valence-electron chi connectivity index (χ1n) is 9.28. The first kappa shape index (κ1) is 19.8. The maximum atomic E-state index is 12.6. The third kappa shape index (κ3) is 4.11. The Morgan fingerprint density at radius 3 is 2.86 bits per heavy atom. The van der Waals surface area contributed by atoms with Gasteiger partial charge in [-0.25, -0.2) is 13.1 Å². The molecule has 1 amide bonds. The minimum Gasteiger partial charge on any atom is -0.482 e. The van der Waals surface area contributed by atoms with E-state index in [0.29, 0.717) is 34.6 Å². The molecule has 156 valence electrons. The largest absolute Gasteiger partial charge is 0.482 e. The van der Waals surface area contributed by atoms with Crippen LogP contribution in [0.25, 0.3) is 0 Å². The zero-order valence-electron chi connectivity index (χ0n) is 16.2. The molecule has 1 aromatic heterocycles. The van der Waals surface area contributed by atoms with E-state index in [-0.39, 0.29) is 37.1 Å². The van der Waals surface area contributed by atoms with Gasteiger partial charge in [0.25, 0.3) is 5.91 Å². The maximum absolute atomic E-state index is 12.6. The lowest BCUT2D eigenvalue weighted by atomic mass is 10.1. The average molecular weight is 422 g/mol. The van der Waals surface area contributed by atoms with Gasteiger partial charge in [0.2, 0.25) is 15.9 Å². The third-order valence-corrected chi connectivity index (χ3v) is 6.40. The summed E-state index contributed by atoms with van der Waals surface area (Å²) in [4.78, 5) is 18.4. The molecule has 11 heteroatoms. The predicted octanol–water partition coefficient (Wildman–Crippen LogP) is 1.11. The van der Waals surface area contributed by atoms with Gasteiger partial charge < -0.3 is 14.0 Å². The van der Waals surface area contributed by atoms with E-state index in [9.17, 15) is 13.2 Å². The number of rotatable bonds is 8. The molecule has 2 aliphatic rings. The lowest BCUT2D eigenvalue weighted by Crippen LogP contribution is -2.39. The number of fused-ring (bicyclic) bond motifs is 1. The molecule has 1 saturated carbocycles. The van der Waals surface area contributed by atoms with Gasteiger partial charge in [0.05, 0.1) is 23.7 Å². The van der Waals surface area contributed by atoms with Crippen molar-refractivity contribution in [1.82, 2.24) is 14.9 Å². The van der Waals surface area contributed by atoms with E-state index >= 15 is 0 Å². The Morgan fingerprint density at radius 2 is 2.14 bits per heavy atom. The minimum atomic E-state index is -3.74. The second-order valence-electron chi connectivity index (χ2n) is 7.07. The minimum absolute atomic E-state index is 0.0947. The molecule has 10 nitrogen and oxygen atoms in total. The lowest BCUT2D eigenvalue weighted by Gasteiger charge is -2.29. The molecule has 0 radical (unpaired) electrons. The van der Waals surface area contributed by atoms with Crippen LogP contribution in [0.3, 0.4) is 0 Å². The SMILES string of the molecule is COCCNS(=O)(=O)c1cc2c(cc1C)N(Cc1noc(C3CC3)n1)C(=O)CO2. The second-order valence-corrected chi connectivity index (χ2v) is 8.80. The summed E-state index contributed by atoms with van der Waals surface area (Å²) in [5.74, 6) is 1.38. The monoisotopic (exact) mass is 422 g/mol. The summed E-state index contributed by atoms with van der Waals surface area (Å²) in [6, 6.07) is 3.06. The fourth-order valence-corrected chi connectivity index (χ4v) is 4.37. The Morgan fingerprint density at radius 1 is 1.34 bits per heavy atom. The fraction of sp³-hybridized carbons (Fsp3) is 0.500. The smallest absolute Gasteiger partial charge is 0.265 e. The number of anilines is 1. The topological polar surface area (TPSA) is 124 Å². The fourth-order valence-electron chi connectivity index (χ4n) is 3.12. The molecule has 0 spiro atoms. The molecule has 2 heterocycles. The van der Waals surface area contributed by atoms with Gasteiger partial charge in [-0.1, -0.05) is 5.16 Å². The molecule has 1 aliphatic carbocycles. The van der Waals surface area contributed by atoms with E-state index in [1.165, 1.54) is 18.1 Å². The van der Waals surface area contributed by atoms with E-state index < -0.39 is 10.0 Å². The molecule has 1 aliphatic heterocycles. The van der Waals surface area contributed by atoms with Crippen LogP contribution in [-0.4, -0.2) is 51.3 Å². The van der Waals surface area contributed by atoms with Crippen LogP contribution in [0.4, 0.5) is 5.69 Å². The number of amides is 1. The van der Waals surface area contributed by atoms with Crippen LogP contribution in [0.2, 0.25) is 0 Å². The number of sulfonamides is 1. The normalized spacial score (nSPS) is 16.6. The summed E-state index contributed by atoms with van der Waals surface area (Å²) < 4.78 is 43.3. The molecule has 2 aromatic rings. The van der Waals surface area contributed by atoms with Crippen LogP contribution in [0.15, 0.2) is 21.6 Å². The van der Waals surface area contributed by atoms with Crippen LogP contribution in [0, 0.1) is 6.92 Å². The average Bonchev–Trinajstić information content (AvgIpc) is 3.43. The number of ether oxygens (including phenoxy) is 2. The quantitative estimate of drug-likeness (QED) is 0.628. The summed E-state index contributed by atoms with van der Waals surface area (Å²) >= 11 is 0. The number of nitrogens with one attached hydrogen (secondary N) is 1. The Kier molecular flexibility index (Phi) is 5.28. The third-order valence-electron chi connectivity index (χ3n) is 4.80. The molecule has 1 fully saturated rings. The first-order valence-corrected chi connectivity index (χ1v) is 10.8. The number of carbonyl (C=O) groups is 1. The molecule has 29 heavy (non-hydrogen) atoms. The van der Waals surface area contributed by atoms with Crippen LogP contribution in [0.5, 0.6) is 5.75 Å². The summed E-state index contributed by atoms with van der Waals surface area (Å²) in [5, 5.41) is 3.96. The Hall–Kier alpha value is -2.50. The molecular formula is C18H22N4O6S. The highest BCUT2D eigenvalue weighted by molar-refractivity contribution is 7.89. The van der Waals surface area contributed by atoms with Crippen molar-refractivity contribution in [2.24, 2.45) is 0 Å². The van der Waals surface area contributed by atoms with Crippen molar-refractivity contribution >= 4 is 21.6 Å². The van der Waals surface area contributed by atoms with Gasteiger partial charge in [0, 0.05) is 25.6 Å². The van der Waals surface area contributed by atoms with Gasteiger partial charge in [-0.2, -0.15) is 4.98 Å². The first-order chi connectivity index (χ1) is 13.9. The number of hydrogen-bond acceptors (Lipinski definition) is 8. The molecule has 0 saturated heterocycles. The van der Waals surface area contributed by atoms with Crippen LogP contribution < -0.4 is 14.4 Å². The number of methoxy groups -OCH3 is 1. The summed E-state index contributed by atoms with van der Waals surface area (Å²) in [6.07, 6.45) is 2.08. The standard InChI is InChI=1S/C18H22N4O6S/c1-11-7-13-14(8-15(11)29(24,25)19-5-6-26-2)27-10-17(23)22(13)9-16-20-18(28-21-16)12-3-4-12/h7-8,12,19H,3-6,9-10H2,1-2H3. The number of nitrogens with zero attached hydrogens (tertiary/aromatic N) is 3. The van der Waals surface area contributed by atoms with E-state index in [4.69, 9.17) is 14.0 Å². The maximum Gasteiger partial charge on any atom is 0.265 e. The van der Waals surface area contributed by atoms with Crippen LogP contribution >= 0.6 is 0 Å². The van der Waals surface area contributed by atoms with E-state index in [1.54, 1.807) is 13.0 Å². The van der Waals surface area contributed by atoms with Crippen molar-refractivity contribution < 1.29 is 27.2 Å². The number of aromatic nitrogens is 2. The zero-order chi connectivity index (χ0) is 20.6. The molecule has 0 atom stereocenters. The Balaban J connectivity index is 1.61. The number of carbonyl (C=O) groups excluding carboxylic acids is 1. The molecule has 1 N–H and O–H groups in total. The van der Waals surface area contributed by atoms with Crippen LogP contribution in [-0.2, 0) is 26.1 Å². The van der Waals surface area contributed by atoms with Gasteiger partial charge in [-0.15, -0.1) is 0 Å². The molecule has 0 unspecified atom stereocenters. The van der Waals surface area contributed by atoms with Crippen LogP contribution in [0.1, 0.15) is 36.0 Å². The highest BCUT2D eigenvalue weighted by Gasteiger charge is 2.32. The highest BCUT2D eigenvalue weighted by atomic mass is 32.2. The van der Waals surface area contributed by atoms with Gasteiger partial charge in [-0.05, 0) is 31.4 Å². The van der Waals surface area contributed by atoms with Crippen molar-refractivity contribution in [3.05, 3.63) is 29.4 Å². The summed E-state index contributed by atoms with van der Waals surface area (Å²) in [6.45, 7) is 2.02.